The van der Waals surface area contributed by atoms with Crippen molar-refractivity contribution in [3.63, 3.8) is 0 Å². The van der Waals surface area contributed by atoms with Gasteiger partial charge in [-0.3, -0.25) is 4.68 Å². The molecule has 4 heteroatoms. The molecule has 0 bridgehead atoms. The zero-order valence-corrected chi connectivity index (χ0v) is 9.22. The molecule has 0 aromatic carbocycles. The van der Waals surface area contributed by atoms with E-state index < -0.39 is 0 Å². The summed E-state index contributed by atoms with van der Waals surface area (Å²) in [6.07, 6.45) is 5.54. The standard InChI is InChI=1S/C10H16ClN3/c1-8-10(11)7-13-14(8)6-2-5-12-9-3-4-9/h7,9,12H,2-6H2,1H3. The van der Waals surface area contributed by atoms with Crippen molar-refractivity contribution in [3.05, 3.63) is 16.9 Å². The van der Waals surface area contributed by atoms with Crippen LogP contribution in [0, 0.1) is 6.92 Å². The molecule has 0 atom stereocenters. The molecule has 3 nitrogen and oxygen atoms in total. The molecule has 0 amide bonds. The van der Waals surface area contributed by atoms with Crippen molar-refractivity contribution in [2.24, 2.45) is 0 Å². The van der Waals surface area contributed by atoms with Gasteiger partial charge in [0.15, 0.2) is 0 Å². The number of rotatable bonds is 5. The fourth-order valence-electron chi connectivity index (χ4n) is 1.47. The molecule has 0 unspecified atom stereocenters. The van der Waals surface area contributed by atoms with Crippen LogP contribution in [0.25, 0.3) is 0 Å². The second kappa shape index (κ2) is 4.32. The summed E-state index contributed by atoms with van der Waals surface area (Å²) in [5, 5.41) is 8.45. The molecule has 1 saturated carbocycles. The Kier molecular flexibility index (Phi) is 3.08. The minimum Gasteiger partial charge on any atom is -0.314 e. The lowest BCUT2D eigenvalue weighted by molar-refractivity contribution is 0.533. The Hall–Kier alpha value is -0.540. The van der Waals surface area contributed by atoms with Crippen LogP contribution in [0.3, 0.4) is 0 Å². The largest absolute Gasteiger partial charge is 0.314 e. The van der Waals surface area contributed by atoms with Crippen LogP contribution in [0.4, 0.5) is 0 Å². The van der Waals surface area contributed by atoms with Gasteiger partial charge in [-0.1, -0.05) is 11.6 Å². The minimum absolute atomic E-state index is 0.764. The molecule has 0 spiro atoms. The summed E-state index contributed by atoms with van der Waals surface area (Å²) in [6, 6.07) is 0.803. The lowest BCUT2D eigenvalue weighted by Gasteiger charge is -2.05. The van der Waals surface area contributed by atoms with Crippen molar-refractivity contribution in [1.82, 2.24) is 15.1 Å². The van der Waals surface area contributed by atoms with Crippen LogP contribution in [0.2, 0.25) is 5.02 Å². The van der Waals surface area contributed by atoms with Gasteiger partial charge in [-0.25, -0.2) is 0 Å². The molecule has 1 aromatic rings. The Labute approximate surface area is 89.4 Å². The summed E-state index contributed by atoms with van der Waals surface area (Å²) in [6.45, 7) is 4.05. The molecule has 1 aliphatic carbocycles. The number of nitrogens with zero attached hydrogens (tertiary/aromatic N) is 2. The van der Waals surface area contributed by atoms with E-state index in [0.717, 1.165) is 36.3 Å². The van der Waals surface area contributed by atoms with E-state index in [1.165, 1.54) is 12.8 Å². The average molecular weight is 214 g/mol. The Morgan fingerprint density at radius 2 is 2.43 bits per heavy atom. The van der Waals surface area contributed by atoms with Crippen LogP contribution in [0.15, 0.2) is 6.20 Å². The summed E-state index contributed by atoms with van der Waals surface area (Å²) in [4.78, 5) is 0. The van der Waals surface area contributed by atoms with E-state index >= 15 is 0 Å². The molecule has 0 aliphatic heterocycles. The van der Waals surface area contributed by atoms with Crippen molar-refractivity contribution < 1.29 is 0 Å². The lowest BCUT2D eigenvalue weighted by Crippen LogP contribution is -2.19. The molecule has 1 heterocycles. The van der Waals surface area contributed by atoms with E-state index in [4.69, 9.17) is 11.6 Å². The normalized spacial score (nSPS) is 16.1. The Morgan fingerprint density at radius 1 is 1.64 bits per heavy atom. The van der Waals surface area contributed by atoms with Crippen molar-refractivity contribution in [3.8, 4) is 0 Å². The third kappa shape index (κ3) is 2.49. The van der Waals surface area contributed by atoms with Crippen LogP contribution in [0.1, 0.15) is 25.0 Å². The van der Waals surface area contributed by atoms with Gasteiger partial charge in [-0.2, -0.15) is 5.10 Å². The van der Waals surface area contributed by atoms with Crippen molar-refractivity contribution in [1.29, 1.82) is 0 Å². The van der Waals surface area contributed by atoms with Gasteiger partial charge in [-0.15, -0.1) is 0 Å². The first-order valence-corrected chi connectivity index (χ1v) is 5.56. The van der Waals surface area contributed by atoms with E-state index in [9.17, 15) is 0 Å². The molecular formula is C10H16ClN3. The molecule has 2 rings (SSSR count). The van der Waals surface area contributed by atoms with Gasteiger partial charge in [0.05, 0.1) is 16.9 Å². The number of hydrogen-bond donors (Lipinski definition) is 1. The van der Waals surface area contributed by atoms with Gasteiger partial charge in [0, 0.05) is 12.6 Å². The minimum atomic E-state index is 0.764. The van der Waals surface area contributed by atoms with E-state index in [0.29, 0.717) is 0 Å². The highest BCUT2D eigenvalue weighted by molar-refractivity contribution is 6.31. The summed E-state index contributed by atoms with van der Waals surface area (Å²) in [5.41, 5.74) is 1.07. The predicted octanol–water partition coefficient (Wildman–Crippen LogP) is 1.99. The average Bonchev–Trinajstić information content (AvgIpc) is 2.94. The molecule has 1 N–H and O–H groups in total. The first-order chi connectivity index (χ1) is 6.77. The molecule has 78 valence electrons. The highest BCUT2D eigenvalue weighted by Gasteiger charge is 2.19. The monoisotopic (exact) mass is 213 g/mol. The Balaban J connectivity index is 1.71. The van der Waals surface area contributed by atoms with Gasteiger partial charge in [-0.05, 0) is 32.7 Å². The quantitative estimate of drug-likeness (QED) is 0.759. The van der Waals surface area contributed by atoms with Crippen molar-refractivity contribution >= 4 is 11.6 Å². The Bertz CT molecular complexity index is 304. The predicted molar refractivity (Wildman–Crippen MR) is 57.6 cm³/mol. The van der Waals surface area contributed by atoms with Gasteiger partial charge in [0.25, 0.3) is 0 Å². The highest BCUT2D eigenvalue weighted by Crippen LogP contribution is 2.18. The lowest BCUT2D eigenvalue weighted by atomic mass is 10.4. The van der Waals surface area contributed by atoms with Crippen molar-refractivity contribution in [2.45, 2.75) is 38.8 Å². The highest BCUT2D eigenvalue weighted by atomic mass is 35.5. The number of aromatic nitrogens is 2. The second-order valence-electron chi connectivity index (χ2n) is 3.88. The van der Waals surface area contributed by atoms with Gasteiger partial charge < -0.3 is 5.32 Å². The van der Waals surface area contributed by atoms with Gasteiger partial charge >= 0.3 is 0 Å². The first-order valence-electron chi connectivity index (χ1n) is 5.18. The van der Waals surface area contributed by atoms with E-state index in [1.54, 1.807) is 6.20 Å². The number of nitrogens with one attached hydrogen (secondary N) is 1. The molecule has 1 aliphatic rings. The zero-order chi connectivity index (χ0) is 9.97. The zero-order valence-electron chi connectivity index (χ0n) is 8.46. The second-order valence-corrected chi connectivity index (χ2v) is 4.29. The van der Waals surface area contributed by atoms with E-state index in [1.807, 2.05) is 11.6 Å². The van der Waals surface area contributed by atoms with E-state index in [-0.39, 0.29) is 0 Å². The smallest absolute Gasteiger partial charge is 0.0814 e. The number of halogens is 1. The Morgan fingerprint density at radius 3 is 3.00 bits per heavy atom. The molecule has 0 saturated heterocycles. The number of hydrogen-bond acceptors (Lipinski definition) is 2. The third-order valence-electron chi connectivity index (χ3n) is 2.60. The van der Waals surface area contributed by atoms with Crippen LogP contribution < -0.4 is 5.32 Å². The van der Waals surface area contributed by atoms with Gasteiger partial charge in [0.2, 0.25) is 0 Å². The topological polar surface area (TPSA) is 29.9 Å². The van der Waals surface area contributed by atoms with Crippen LogP contribution in [0.5, 0.6) is 0 Å². The maximum Gasteiger partial charge on any atom is 0.0814 e. The van der Waals surface area contributed by atoms with E-state index in [2.05, 4.69) is 10.4 Å². The maximum atomic E-state index is 5.90. The van der Waals surface area contributed by atoms with Crippen LogP contribution in [-0.2, 0) is 6.54 Å². The molecule has 1 fully saturated rings. The maximum absolute atomic E-state index is 5.90. The fourth-order valence-corrected chi connectivity index (χ4v) is 1.61. The van der Waals surface area contributed by atoms with Gasteiger partial charge in [0.1, 0.15) is 0 Å². The van der Waals surface area contributed by atoms with Crippen molar-refractivity contribution in [2.75, 3.05) is 6.54 Å². The summed E-state index contributed by atoms with van der Waals surface area (Å²) in [7, 11) is 0. The summed E-state index contributed by atoms with van der Waals surface area (Å²) in [5.74, 6) is 0. The van der Waals surface area contributed by atoms with Crippen LogP contribution >= 0.6 is 11.6 Å². The molecule has 14 heavy (non-hydrogen) atoms. The third-order valence-corrected chi connectivity index (χ3v) is 2.97. The fraction of sp³-hybridized carbons (Fsp3) is 0.700. The van der Waals surface area contributed by atoms with Crippen LogP contribution in [-0.4, -0.2) is 22.4 Å². The molecule has 1 aromatic heterocycles. The molecular weight excluding hydrogens is 198 g/mol. The number of aryl methyl sites for hydroxylation is 1. The summed E-state index contributed by atoms with van der Waals surface area (Å²) >= 11 is 5.90. The SMILES string of the molecule is Cc1c(Cl)cnn1CCCNC1CC1. The molecule has 0 radical (unpaired) electrons. The summed E-state index contributed by atoms with van der Waals surface area (Å²) < 4.78 is 1.97. The first kappa shape index (κ1) is 9.99.